The van der Waals surface area contributed by atoms with E-state index in [1.807, 2.05) is 31.3 Å². The van der Waals surface area contributed by atoms with Gasteiger partial charge in [0, 0.05) is 13.2 Å². The summed E-state index contributed by atoms with van der Waals surface area (Å²) >= 11 is 0. The molecule has 1 rings (SSSR count). The summed E-state index contributed by atoms with van der Waals surface area (Å²) in [6, 6.07) is 1.91. The summed E-state index contributed by atoms with van der Waals surface area (Å²) in [4.78, 5) is 11.0. The van der Waals surface area contributed by atoms with Crippen LogP contribution in [-0.4, -0.2) is 22.4 Å². The van der Waals surface area contributed by atoms with Crippen molar-refractivity contribution in [2.24, 2.45) is 7.05 Å². The second-order valence-corrected chi connectivity index (χ2v) is 3.18. The molecule has 0 aromatic carbocycles. The monoisotopic (exact) mass is 220 g/mol. The Bertz CT molecular complexity index is 391. The van der Waals surface area contributed by atoms with E-state index in [4.69, 9.17) is 4.74 Å². The standard InChI is InChI=1S/C12H16N2O2/c1-3-16-12(15)8-6-4-5-7-11-9-10-13-14(11)2/h4-7,9-10H,3,8H2,1-2H3/b6-4+,7-5+. The molecule has 1 heterocycles. The number of carbonyl (C=O) groups is 1. The number of allylic oxidation sites excluding steroid dienone is 2. The molecule has 86 valence electrons. The summed E-state index contributed by atoms with van der Waals surface area (Å²) in [6.45, 7) is 2.22. The molecular formula is C12H16N2O2. The van der Waals surface area contributed by atoms with Crippen LogP contribution in [-0.2, 0) is 16.6 Å². The third-order valence-electron chi connectivity index (χ3n) is 1.96. The second kappa shape index (κ2) is 6.61. The molecular weight excluding hydrogens is 204 g/mol. The van der Waals surface area contributed by atoms with Crippen LogP contribution in [0.3, 0.4) is 0 Å². The minimum atomic E-state index is -0.201. The van der Waals surface area contributed by atoms with Crippen LogP contribution < -0.4 is 0 Å². The smallest absolute Gasteiger partial charge is 0.309 e. The molecule has 0 saturated heterocycles. The molecule has 0 aliphatic heterocycles. The Morgan fingerprint density at radius 2 is 2.38 bits per heavy atom. The van der Waals surface area contributed by atoms with Crippen LogP contribution in [0.4, 0.5) is 0 Å². The number of nitrogens with zero attached hydrogens (tertiary/aromatic N) is 2. The van der Waals surface area contributed by atoms with Gasteiger partial charge in [0.2, 0.25) is 0 Å². The van der Waals surface area contributed by atoms with Crippen LogP contribution in [0, 0.1) is 0 Å². The van der Waals surface area contributed by atoms with Gasteiger partial charge in [0.25, 0.3) is 0 Å². The molecule has 1 aromatic heterocycles. The molecule has 4 nitrogen and oxygen atoms in total. The third kappa shape index (κ3) is 4.13. The number of hydrogen-bond donors (Lipinski definition) is 0. The molecule has 0 radical (unpaired) electrons. The first kappa shape index (κ1) is 12.2. The molecule has 0 unspecified atom stereocenters. The van der Waals surface area contributed by atoms with E-state index in [1.165, 1.54) is 0 Å². The fourth-order valence-corrected chi connectivity index (χ4v) is 1.16. The molecule has 16 heavy (non-hydrogen) atoms. The van der Waals surface area contributed by atoms with Gasteiger partial charge in [-0.3, -0.25) is 9.48 Å². The van der Waals surface area contributed by atoms with Gasteiger partial charge in [-0.05, 0) is 19.1 Å². The molecule has 0 N–H and O–H groups in total. The number of carbonyl (C=O) groups excluding carboxylic acids is 1. The molecule has 0 aliphatic carbocycles. The first-order valence-electron chi connectivity index (χ1n) is 5.21. The van der Waals surface area contributed by atoms with Gasteiger partial charge in [-0.15, -0.1) is 0 Å². The first-order chi connectivity index (χ1) is 7.74. The van der Waals surface area contributed by atoms with Crippen LogP contribution >= 0.6 is 0 Å². The van der Waals surface area contributed by atoms with Crippen molar-refractivity contribution in [2.45, 2.75) is 13.3 Å². The molecule has 0 atom stereocenters. The van der Waals surface area contributed by atoms with Gasteiger partial charge in [0.15, 0.2) is 0 Å². The van der Waals surface area contributed by atoms with Crippen molar-refractivity contribution >= 4 is 12.0 Å². The molecule has 0 saturated carbocycles. The quantitative estimate of drug-likeness (QED) is 0.562. The van der Waals surface area contributed by atoms with Gasteiger partial charge in [-0.2, -0.15) is 5.10 Å². The van der Waals surface area contributed by atoms with E-state index >= 15 is 0 Å². The van der Waals surface area contributed by atoms with Crippen molar-refractivity contribution < 1.29 is 9.53 Å². The minimum Gasteiger partial charge on any atom is -0.466 e. The topological polar surface area (TPSA) is 44.1 Å². The predicted octanol–water partition coefficient (Wildman–Crippen LogP) is 1.94. The van der Waals surface area contributed by atoms with Crippen molar-refractivity contribution in [2.75, 3.05) is 6.61 Å². The van der Waals surface area contributed by atoms with Crippen molar-refractivity contribution in [3.63, 3.8) is 0 Å². The van der Waals surface area contributed by atoms with Crippen molar-refractivity contribution in [1.29, 1.82) is 0 Å². The van der Waals surface area contributed by atoms with Gasteiger partial charge in [-0.1, -0.05) is 18.2 Å². The zero-order valence-corrected chi connectivity index (χ0v) is 9.59. The van der Waals surface area contributed by atoms with E-state index in [0.717, 1.165) is 5.69 Å². The normalized spacial score (nSPS) is 11.4. The van der Waals surface area contributed by atoms with Crippen LogP contribution in [0.15, 0.2) is 30.5 Å². The molecule has 1 aromatic rings. The maximum absolute atomic E-state index is 11.0. The number of aryl methyl sites for hydroxylation is 1. The molecule has 0 bridgehead atoms. The highest BCUT2D eigenvalue weighted by Crippen LogP contribution is 1.99. The zero-order chi connectivity index (χ0) is 11.8. The summed E-state index contributed by atoms with van der Waals surface area (Å²) < 4.78 is 6.56. The Morgan fingerprint density at radius 1 is 1.56 bits per heavy atom. The van der Waals surface area contributed by atoms with Crippen molar-refractivity contribution in [3.8, 4) is 0 Å². The lowest BCUT2D eigenvalue weighted by Gasteiger charge is -1.95. The van der Waals surface area contributed by atoms with E-state index in [0.29, 0.717) is 13.0 Å². The van der Waals surface area contributed by atoms with E-state index in [9.17, 15) is 4.79 Å². The zero-order valence-electron chi connectivity index (χ0n) is 9.59. The van der Waals surface area contributed by atoms with Crippen LogP contribution in [0.1, 0.15) is 19.0 Å². The summed E-state index contributed by atoms with van der Waals surface area (Å²) in [5, 5.41) is 4.04. The molecule has 0 fully saturated rings. The van der Waals surface area contributed by atoms with Crippen LogP contribution in [0.5, 0.6) is 0 Å². The minimum absolute atomic E-state index is 0.201. The second-order valence-electron chi connectivity index (χ2n) is 3.18. The molecule has 0 aliphatic rings. The largest absolute Gasteiger partial charge is 0.466 e. The average Bonchev–Trinajstić information content (AvgIpc) is 2.64. The van der Waals surface area contributed by atoms with E-state index in [-0.39, 0.29) is 5.97 Å². The number of rotatable bonds is 5. The summed E-state index contributed by atoms with van der Waals surface area (Å²) in [6.07, 6.45) is 9.44. The Hall–Kier alpha value is -1.84. The van der Waals surface area contributed by atoms with Crippen molar-refractivity contribution in [3.05, 3.63) is 36.2 Å². The SMILES string of the molecule is CCOC(=O)C/C=C/C=C/c1ccnn1C. The highest BCUT2D eigenvalue weighted by molar-refractivity contribution is 5.71. The summed E-state index contributed by atoms with van der Waals surface area (Å²) in [7, 11) is 1.88. The summed E-state index contributed by atoms with van der Waals surface area (Å²) in [5.41, 5.74) is 1.01. The lowest BCUT2D eigenvalue weighted by Crippen LogP contribution is -2.01. The van der Waals surface area contributed by atoms with Gasteiger partial charge in [-0.25, -0.2) is 0 Å². The van der Waals surface area contributed by atoms with Crippen LogP contribution in [0.2, 0.25) is 0 Å². The lowest BCUT2D eigenvalue weighted by atomic mass is 10.3. The van der Waals surface area contributed by atoms with Gasteiger partial charge >= 0.3 is 5.97 Å². The highest BCUT2D eigenvalue weighted by Gasteiger charge is 1.95. The fourth-order valence-electron chi connectivity index (χ4n) is 1.16. The number of esters is 1. The molecule has 0 spiro atoms. The van der Waals surface area contributed by atoms with Crippen LogP contribution in [0.25, 0.3) is 6.08 Å². The maximum Gasteiger partial charge on any atom is 0.309 e. The van der Waals surface area contributed by atoms with Crippen molar-refractivity contribution in [1.82, 2.24) is 9.78 Å². The highest BCUT2D eigenvalue weighted by atomic mass is 16.5. The predicted molar refractivity (Wildman–Crippen MR) is 62.6 cm³/mol. The molecule has 4 heteroatoms. The van der Waals surface area contributed by atoms with Gasteiger partial charge in [0.05, 0.1) is 18.7 Å². The number of aromatic nitrogens is 2. The first-order valence-corrected chi connectivity index (χ1v) is 5.21. The van der Waals surface area contributed by atoms with Gasteiger partial charge in [0.1, 0.15) is 0 Å². The molecule has 0 amide bonds. The fraction of sp³-hybridized carbons (Fsp3) is 0.333. The number of hydrogen-bond acceptors (Lipinski definition) is 3. The average molecular weight is 220 g/mol. The van der Waals surface area contributed by atoms with Gasteiger partial charge < -0.3 is 4.74 Å². The summed E-state index contributed by atoms with van der Waals surface area (Å²) in [5.74, 6) is -0.201. The Labute approximate surface area is 95.2 Å². The van der Waals surface area contributed by atoms with E-state index in [1.54, 1.807) is 23.9 Å². The maximum atomic E-state index is 11.0. The van der Waals surface area contributed by atoms with E-state index < -0.39 is 0 Å². The Balaban J connectivity index is 2.34. The Kier molecular flexibility index (Phi) is 5.05. The lowest BCUT2D eigenvalue weighted by molar-refractivity contribution is -0.142. The third-order valence-corrected chi connectivity index (χ3v) is 1.96. The Morgan fingerprint density at radius 3 is 3.00 bits per heavy atom. The van der Waals surface area contributed by atoms with E-state index in [2.05, 4.69) is 5.10 Å². The number of ether oxygens (including phenoxy) is 1.